The Labute approximate surface area is 124 Å². The average Bonchev–Trinajstić information content (AvgIpc) is 2.43. The van der Waals surface area contributed by atoms with Gasteiger partial charge in [0.05, 0.1) is 11.6 Å². The number of aryl methyl sites for hydroxylation is 1. The molecule has 19 heavy (non-hydrogen) atoms. The van der Waals surface area contributed by atoms with Gasteiger partial charge in [0, 0.05) is 11.1 Å². The number of rotatable bonds is 6. The highest BCUT2D eigenvalue weighted by molar-refractivity contribution is 6.34. The van der Waals surface area contributed by atoms with Gasteiger partial charge < -0.3 is 4.74 Å². The highest BCUT2D eigenvalue weighted by atomic mass is 35.5. The van der Waals surface area contributed by atoms with Crippen molar-refractivity contribution in [2.45, 2.75) is 19.3 Å². The normalized spacial score (nSPS) is 10.4. The molecule has 0 saturated carbocycles. The Morgan fingerprint density at radius 1 is 0.895 bits per heavy atom. The van der Waals surface area contributed by atoms with Crippen molar-refractivity contribution in [2.75, 3.05) is 6.61 Å². The van der Waals surface area contributed by atoms with Gasteiger partial charge in [-0.3, -0.25) is 0 Å². The van der Waals surface area contributed by atoms with Gasteiger partial charge >= 0.3 is 0 Å². The Hall–Kier alpha value is -1.18. The summed E-state index contributed by atoms with van der Waals surface area (Å²) in [4.78, 5) is 0. The second-order valence-electron chi connectivity index (χ2n) is 4.37. The van der Waals surface area contributed by atoms with Gasteiger partial charge in [0.1, 0.15) is 5.75 Å². The Morgan fingerprint density at radius 2 is 1.68 bits per heavy atom. The maximum Gasteiger partial charge on any atom is 0.139 e. The van der Waals surface area contributed by atoms with E-state index in [0.717, 1.165) is 19.3 Å². The summed E-state index contributed by atoms with van der Waals surface area (Å²) < 4.78 is 5.64. The molecule has 0 atom stereocenters. The summed E-state index contributed by atoms with van der Waals surface area (Å²) in [7, 11) is 0. The lowest BCUT2D eigenvalue weighted by Gasteiger charge is -2.08. The maximum atomic E-state index is 6.02. The first-order valence-corrected chi connectivity index (χ1v) is 7.13. The second kappa shape index (κ2) is 7.42. The van der Waals surface area contributed by atoms with Crippen molar-refractivity contribution in [1.82, 2.24) is 0 Å². The molecule has 100 valence electrons. The van der Waals surface area contributed by atoms with Crippen molar-refractivity contribution < 1.29 is 4.74 Å². The van der Waals surface area contributed by atoms with Crippen LogP contribution in [0, 0.1) is 0 Å². The highest BCUT2D eigenvalue weighted by Gasteiger charge is 2.02. The average molecular weight is 295 g/mol. The zero-order valence-electron chi connectivity index (χ0n) is 10.6. The summed E-state index contributed by atoms with van der Waals surface area (Å²) >= 11 is 11.9. The fourth-order valence-corrected chi connectivity index (χ4v) is 2.18. The number of benzene rings is 2. The molecule has 0 spiro atoms. The van der Waals surface area contributed by atoms with E-state index in [1.54, 1.807) is 18.2 Å². The molecule has 0 radical (unpaired) electrons. The summed E-state index contributed by atoms with van der Waals surface area (Å²) in [6.45, 7) is 0.660. The van der Waals surface area contributed by atoms with Crippen molar-refractivity contribution in [3.05, 3.63) is 64.1 Å². The van der Waals surface area contributed by atoms with Crippen molar-refractivity contribution in [3.63, 3.8) is 0 Å². The minimum Gasteiger partial charge on any atom is -0.492 e. The van der Waals surface area contributed by atoms with Gasteiger partial charge in [-0.1, -0.05) is 53.5 Å². The summed E-state index contributed by atoms with van der Waals surface area (Å²) in [5.41, 5.74) is 1.36. The van der Waals surface area contributed by atoms with E-state index < -0.39 is 0 Å². The molecule has 0 aliphatic rings. The molecule has 0 aromatic heterocycles. The van der Waals surface area contributed by atoms with Gasteiger partial charge in [-0.05, 0) is 37.0 Å². The van der Waals surface area contributed by atoms with E-state index in [2.05, 4.69) is 24.3 Å². The Morgan fingerprint density at radius 3 is 2.47 bits per heavy atom. The van der Waals surface area contributed by atoms with E-state index in [0.29, 0.717) is 22.4 Å². The lowest BCUT2D eigenvalue weighted by molar-refractivity contribution is 0.307. The number of unbranched alkanes of at least 4 members (excludes halogenated alkanes) is 1. The van der Waals surface area contributed by atoms with Crippen LogP contribution in [0.15, 0.2) is 48.5 Å². The zero-order chi connectivity index (χ0) is 13.5. The zero-order valence-corrected chi connectivity index (χ0v) is 12.1. The number of halogens is 2. The molecular formula is C16H16Cl2O. The molecule has 2 aromatic carbocycles. The predicted octanol–water partition coefficient (Wildman–Crippen LogP) is 5.40. The highest BCUT2D eigenvalue weighted by Crippen LogP contribution is 2.27. The van der Waals surface area contributed by atoms with Crippen LogP contribution in [0.3, 0.4) is 0 Å². The minimum atomic E-state index is 0.604. The van der Waals surface area contributed by atoms with Gasteiger partial charge in [-0.15, -0.1) is 0 Å². The molecule has 0 N–H and O–H groups in total. The van der Waals surface area contributed by atoms with Gasteiger partial charge in [0.2, 0.25) is 0 Å². The van der Waals surface area contributed by atoms with Crippen LogP contribution < -0.4 is 4.74 Å². The molecule has 0 fully saturated rings. The quantitative estimate of drug-likeness (QED) is 0.649. The summed E-state index contributed by atoms with van der Waals surface area (Å²) in [6, 6.07) is 15.7. The molecular weight excluding hydrogens is 279 g/mol. The van der Waals surface area contributed by atoms with Crippen LogP contribution in [0.25, 0.3) is 0 Å². The van der Waals surface area contributed by atoms with E-state index in [9.17, 15) is 0 Å². The first kappa shape index (κ1) is 14.2. The molecule has 0 aliphatic carbocycles. The number of ether oxygens (including phenoxy) is 1. The standard InChI is InChI=1S/C16H16Cl2O/c17-14-9-10-15(18)16(12-14)19-11-5-4-8-13-6-2-1-3-7-13/h1-3,6-7,9-10,12H,4-5,8,11H2. The Bertz CT molecular complexity index is 511. The van der Waals surface area contributed by atoms with E-state index in [-0.39, 0.29) is 0 Å². The van der Waals surface area contributed by atoms with E-state index in [4.69, 9.17) is 27.9 Å². The molecule has 1 nitrogen and oxygen atoms in total. The topological polar surface area (TPSA) is 9.23 Å². The molecule has 0 unspecified atom stereocenters. The SMILES string of the molecule is Clc1ccc(Cl)c(OCCCCc2ccccc2)c1. The van der Waals surface area contributed by atoms with Crippen molar-refractivity contribution in [2.24, 2.45) is 0 Å². The van der Waals surface area contributed by atoms with Crippen LogP contribution in [0.1, 0.15) is 18.4 Å². The fraction of sp³-hybridized carbons (Fsp3) is 0.250. The molecule has 0 aliphatic heterocycles. The van der Waals surface area contributed by atoms with Gasteiger partial charge in [0.15, 0.2) is 0 Å². The van der Waals surface area contributed by atoms with E-state index in [1.165, 1.54) is 5.56 Å². The van der Waals surface area contributed by atoms with Crippen LogP contribution in [-0.4, -0.2) is 6.61 Å². The van der Waals surface area contributed by atoms with Crippen LogP contribution in [0.2, 0.25) is 10.0 Å². The van der Waals surface area contributed by atoms with Crippen molar-refractivity contribution in [1.29, 1.82) is 0 Å². The second-order valence-corrected chi connectivity index (χ2v) is 5.21. The van der Waals surface area contributed by atoms with E-state index >= 15 is 0 Å². The van der Waals surface area contributed by atoms with Crippen molar-refractivity contribution >= 4 is 23.2 Å². The lowest BCUT2D eigenvalue weighted by atomic mass is 10.1. The fourth-order valence-electron chi connectivity index (χ4n) is 1.85. The van der Waals surface area contributed by atoms with Crippen LogP contribution >= 0.6 is 23.2 Å². The molecule has 0 saturated heterocycles. The van der Waals surface area contributed by atoms with Gasteiger partial charge in [-0.2, -0.15) is 0 Å². The predicted molar refractivity (Wildman–Crippen MR) is 81.3 cm³/mol. The van der Waals surface area contributed by atoms with Crippen LogP contribution in [-0.2, 0) is 6.42 Å². The lowest BCUT2D eigenvalue weighted by Crippen LogP contribution is -1.98. The molecule has 0 amide bonds. The molecule has 3 heteroatoms. The monoisotopic (exact) mass is 294 g/mol. The molecule has 0 heterocycles. The molecule has 0 bridgehead atoms. The minimum absolute atomic E-state index is 0.604. The molecule has 2 rings (SSSR count). The first-order valence-electron chi connectivity index (χ1n) is 6.37. The third kappa shape index (κ3) is 4.77. The Kier molecular flexibility index (Phi) is 5.56. The third-order valence-corrected chi connectivity index (χ3v) is 3.40. The van der Waals surface area contributed by atoms with Gasteiger partial charge in [-0.25, -0.2) is 0 Å². The van der Waals surface area contributed by atoms with Gasteiger partial charge in [0.25, 0.3) is 0 Å². The summed E-state index contributed by atoms with van der Waals surface area (Å²) in [5.74, 6) is 0.661. The third-order valence-electron chi connectivity index (χ3n) is 2.85. The number of hydrogen-bond acceptors (Lipinski definition) is 1. The van der Waals surface area contributed by atoms with Crippen LogP contribution in [0.5, 0.6) is 5.75 Å². The Balaban J connectivity index is 1.71. The number of hydrogen-bond donors (Lipinski definition) is 0. The summed E-state index contributed by atoms with van der Waals surface area (Å²) in [5, 5.41) is 1.25. The smallest absolute Gasteiger partial charge is 0.139 e. The largest absolute Gasteiger partial charge is 0.492 e. The summed E-state index contributed by atoms with van der Waals surface area (Å²) in [6.07, 6.45) is 3.17. The van der Waals surface area contributed by atoms with Crippen LogP contribution in [0.4, 0.5) is 0 Å². The van der Waals surface area contributed by atoms with Crippen molar-refractivity contribution in [3.8, 4) is 5.75 Å². The first-order chi connectivity index (χ1) is 9.25. The molecule has 2 aromatic rings. The van der Waals surface area contributed by atoms with E-state index in [1.807, 2.05) is 6.07 Å². The maximum absolute atomic E-state index is 6.02.